The van der Waals surface area contributed by atoms with Crippen LogP contribution in [-0.4, -0.2) is 19.9 Å². The van der Waals surface area contributed by atoms with E-state index in [1.54, 1.807) is 0 Å². The molecule has 4 nitrogen and oxygen atoms in total. The first kappa shape index (κ1) is 39.3. The zero-order valence-corrected chi connectivity index (χ0v) is 36.9. The Morgan fingerprint density at radius 1 is 0.235 bits per heavy atom. The highest BCUT2D eigenvalue weighted by atomic mass is 14.7. The van der Waals surface area contributed by atoms with Crippen LogP contribution in [0.5, 0.6) is 0 Å². The van der Waals surface area contributed by atoms with Crippen LogP contribution in [-0.2, 0) is 0 Å². The van der Waals surface area contributed by atoms with Crippen LogP contribution in [0.1, 0.15) is 0 Å². The highest BCUT2D eigenvalue weighted by Gasteiger charge is 2.18. The van der Waals surface area contributed by atoms with Gasteiger partial charge in [-0.25, -0.2) is 0 Å². The van der Waals surface area contributed by atoms with Gasteiger partial charge in [0.2, 0.25) is 0 Å². The van der Waals surface area contributed by atoms with Gasteiger partial charge in [0.1, 0.15) is 0 Å². The summed E-state index contributed by atoms with van der Waals surface area (Å²) < 4.78 is 0. The topological polar surface area (TPSA) is 51.6 Å². The zero-order valence-electron chi connectivity index (χ0n) is 36.9. The fraction of sp³-hybridized carbons (Fsp3) is 0. The van der Waals surface area contributed by atoms with Crippen molar-refractivity contribution in [1.82, 2.24) is 19.9 Å². The van der Waals surface area contributed by atoms with E-state index in [9.17, 15) is 0 Å². The van der Waals surface area contributed by atoms with Gasteiger partial charge in [-0.1, -0.05) is 158 Å². The molecule has 316 valence electrons. The third kappa shape index (κ3) is 6.69. The highest BCUT2D eigenvalue weighted by Crippen LogP contribution is 2.44. The summed E-state index contributed by atoms with van der Waals surface area (Å²) in [5.41, 5.74) is 13.7. The van der Waals surface area contributed by atoms with E-state index < -0.39 is 0 Å². The molecule has 4 aromatic heterocycles. The van der Waals surface area contributed by atoms with E-state index in [0.29, 0.717) is 0 Å². The van der Waals surface area contributed by atoms with E-state index >= 15 is 0 Å². The number of rotatable bonds is 6. The first-order valence-electron chi connectivity index (χ1n) is 23.0. The van der Waals surface area contributed by atoms with Crippen molar-refractivity contribution in [3.05, 3.63) is 243 Å². The molecule has 0 fully saturated rings. The van der Waals surface area contributed by atoms with Crippen molar-refractivity contribution in [2.75, 3.05) is 0 Å². The number of hydrogen-bond acceptors (Lipinski definition) is 4. The van der Waals surface area contributed by atoms with Crippen LogP contribution in [0.3, 0.4) is 0 Å². The quantitative estimate of drug-likeness (QED) is 0.156. The molecule has 0 radical (unpaired) electrons. The smallest absolute Gasteiger partial charge is 0.0708 e. The molecule has 68 heavy (non-hydrogen) atoms. The maximum atomic E-state index is 4.63. The van der Waals surface area contributed by atoms with E-state index in [1.807, 2.05) is 73.4 Å². The van der Waals surface area contributed by atoms with E-state index in [4.69, 9.17) is 0 Å². The summed E-state index contributed by atoms with van der Waals surface area (Å²) in [7, 11) is 0. The molecule has 0 aliphatic carbocycles. The van der Waals surface area contributed by atoms with Crippen LogP contribution in [0, 0.1) is 0 Å². The van der Waals surface area contributed by atoms with Gasteiger partial charge < -0.3 is 0 Å². The van der Waals surface area contributed by atoms with Crippen LogP contribution in [0.4, 0.5) is 0 Å². The van der Waals surface area contributed by atoms with Gasteiger partial charge in [-0.2, -0.15) is 0 Å². The van der Waals surface area contributed by atoms with Crippen molar-refractivity contribution in [1.29, 1.82) is 0 Å². The summed E-state index contributed by atoms with van der Waals surface area (Å²) >= 11 is 0. The van der Waals surface area contributed by atoms with Gasteiger partial charge in [-0.05, 0) is 147 Å². The molecule has 14 aromatic rings. The SMILES string of the molecule is c1ccc(-c2ccc3ccc4ccc(-c5cccc(-c6cccnc6)c5)c5ccc2c3c45)nc1.c1ccc(-c2cccc(-c3ccc4ccc5ccc(-c6ccccn6)c6ccc3c4c56)c2)nc1. The number of hydrogen-bond donors (Lipinski definition) is 0. The molecule has 10 aromatic carbocycles. The average Bonchev–Trinajstić information content (AvgIpc) is 3.42. The van der Waals surface area contributed by atoms with Crippen LogP contribution in [0.15, 0.2) is 243 Å². The third-order valence-electron chi connectivity index (χ3n) is 13.5. The molecule has 14 rings (SSSR count). The molecule has 0 saturated heterocycles. The van der Waals surface area contributed by atoms with Gasteiger partial charge in [0.05, 0.1) is 17.1 Å². The van der Waals surface area contributed by atoms with Crippen molar-refractivity contribution in [3.63, 3.8) is 0 Å². The molecular weight excluding hydrogens is 825 g/mol. The Balaban J connectivity index is 0.000000134. The Hall–Kier alpha value is -9.12. The van der Waals surface area contributed by atoms with E-state index in [1.165, 1.54) is 104 Å². The van der Waals surface area contributed by atoms with Gasteiger partial charge in [0.25, 0.3) is 0 Å². The molecule has 0 aliphatic heterocycles. The lowest BCUT2D eigenvalue weighted by Gasteiger charge is -2.16. The fourth-order valence-electron chi connectivity index (χ4n) is 10.4. The minimum atomic E-state index is 0.988. The Morgan fingerprint density at radius 3 is 1.06 bits per heavy atom. The Labute approximate surface area is 393 Å². The molecule has 4 heterocycles. The first-order valence-corrected chi connectivity index (χ1v) is 23.0. The summed E-state index contributed by atoms with van der Waals surface area (Å²) in [4.78, 5) is 18.1. The first-order chi connectivity index (χ1) is 33.7. The standard InChI is InChI=1S/2C32H20N2/c1-3-18-33-29(8-1)24-7-5-6-23(20-24)25-14-12-21-10-11-22-13-15-26(30-9-2-4-19-34-30)28-17-16-27(25)31(21)32(22)28;1-2-18-34-30(8-1)27-14-12-22-10-9-21-11-13-26(28-15-16-29(27)32(22)31(21)28)24-6-3-5-23(19-24)25-7-4-17-33-20-25/h2*1-20H. The second-order valence-corrected chi connectivity index (χ2v) is 17.3. The molecule has 4 heteroatoms. The summed E-state index contributed by atoms with van der Waals surface area (Å²) in [6.07, 6.45) is 9.30. The van der Waals surface area contributed by atoms with Crippen molar-refractivity contribution in [2.45, 2.75) is 0 Å². The lowest BCUT2D eigenvalue weighted by Crippen LogP contribution is -1.90. The van der Waals surface area contributed by atoms with Crippen molar-refractivity contribution in [3.8, 4) is 67.2 Å². The number of benzene rings is 10. The Bertz CT molecular complexity index is 3850. The molecule has 0 N–H and O–H groups in total. The van der Waals surface area contributed by atoms with Gasteiger partial charge in [-0.3, -0.25) is 19.9 Å². The van der Waals surface area contributed by atoms with Crippen LogP contribution in [0.25, 0.3) is 132 Å². The summed E-state index contributed by atoms with van der Waals surface area (Å²) in [5, 5.41) is 15.3. The fourth-order valence-corrected chi connectivity index (χ4v) is 10.4. The minimum Gasteiger partial charge on any atom is -0.264 e. The average molecular weight is 865 g/mol. The van der Waals surface area contributed by atoms with E-state index in [-0.39, 0.29) is 0 Å². The van der Waals surface area contributed by atoms with Gasteiger partial charge in [-0.15, -0.1) is 0 Å². The van der Waals surface area contributed by atoms with Gasteiger partial charge >= 0.3 is 0 Å². The largest absolute Gasteiger partial charge is 0.264 e. The maximum Gasteiger partial charge on any atom is 0.0708 e. The lowest BCUT2D eigenvalue weighted by molar-refractivity contribution is 1.33. The van der Waals surface area contributed by atoms with Gasteiger partial charge in [0, 0.05) is 53.2 Å². The Morgan fingerprint density at radius 2 is 0.618 bits per heavy atom. The molecule has 0 atom stereocenters. The molecular formula is C64H40N4. The summed E-state index contributed by atoms with van der Waals surface area (Å²) in [6, 6.07) is 75.6. The van der Waals surface area contributed by atoms with Crippen molar-refractivity contribution < 1.29 is 0 Å². The second kappa shape index (κ2) is 16.4. The normalized spacial score (nSPS) is 11.5. The summed E-state index contributed by atoms with van der Waals surface area (Å²) in [6.45, 7) is 0. The number of nitrogens with zero attached hydrogens (tertiary/aromatic N) is 4. The van der Waals surface area contributed by atoms with Crippen molar-refractivity contribution >= 4 is 64.6 Å². The van der Waals surface area contributed by atoms with Crippen molar-refractivity contribution in [2.24, 2.45) is 0 Å². The number of pyridine rings is 4. The van der Waals surface area contributed by atoms with Crippen LogP contribution in [0.2, 0.25) is 0 Å². The minimum absolute atomic E-state index is 0.988. The molecule has 0 saturated carbocycles. The second-order valence-electron chi connectivity index (χ2n) is 17.3. The van der Waals surface area contributed by atoms with Crippen LogP contribution < -0.4 is 0 Å². The monoisotopic (exact) mass is 864 g/mol. The lowest BCUT2D eigenvalue weighted by atomic mass is 9.87. The highest BCUT2D eigenvalue weighted by molar-refractivity contribution is 6.29. The Kier molecular flexibility index (Phi) is 9.47. The summed E-state index contributed by atoms with van der Waals surface area (Å²) in [5.74, 6) is 0. The molecule has 0 amide bonds. The molecule has 0 spiro atoms. The van der Waals surface area contributed by atoms with Crippen LogP contribution >= 0.6 is 0 Å². The van der Waals surface area contributed by atoms with E-state index in [2.05, 4.69) is 190 Å². The predicted octanol–water partition coefficient (Wildman–Crippen LogP) is 16.7. The van der Waals surface area contributed by atoms with E-state index in [0.717, 1.165) is 28.2 Å². The van der Waals surface area contributed by atoms with Gasteiger partial charge in [0.15, 0.2) is 0 Å². The molecule has 0 unspecified atom stereocenters. The maximum absolute atomic E-state index is 4.63. The predicted molar refractivity (Wildman–Crippen MR) is 284 cm³/mol. The third-order valence-corrected chi connectivity index (χ3v) is 13.5. The molecule has 0 aliphatic rings. The molecule has 0 bridgehead atoms. The number of aromatic nitrogens is 4. The zero-order chi connectivity index (χ0) is 45.0.